The lowest BCUT2D eigenvalue weighted by atomic mass is 10.1. The van der Waals surface area contributed by atoms with Crippen LogP contribution in [0.25, 0.3) is 0 Å². The number of rotatable bonds is 7. The number of halogens is 2. The molecule has 0 spiro atoms. The second kappa shape index (κ2) is 10.1. The van der Waals surface area contributed by atoms with E-state index in [1.54, 1.807) is 42.5 Å². The van der Waals surface area contributed by atoms with E-state index in [1.165, 1.54) is 0 Å². The molecule has 0 aliphatic heterocycles. The highest BCUT2D eigenvalue weighted by molar-refractivity contribution is 6.35. The number of carbonyl (C=O) groups is 1. The number of nitrogens with one attached hydrogen (secondary N) is 1. The zero-order chi connectivity index (χ0) is 20.6. The number of nitrogens with zero attached hydrogens (tertiary/aromatic N) is 2. The first-order valence-electron chi connectivity index (χ1n) is 9.09. The molecule has 0 unspecified atom stereocenters. The fourth-order valence-corrected chi connectivity index (χ4v) is 3.36. The highest BCUT2D eigenvalue weighted by Gasteiger charge is 2.17. The molecule has 2 aromatic carbocycles. The van der Waals surface area contributed by atoms with E-state index in [4.69, 9.17) is 27.9 Å². The standard InChI is InChI=1S/C22H21Cl2N3O2/c1-29-21-8-3-2-7-20(21)26-22(28)27(15-18-6-4-5-12-25-18)13-11-16-9-10-17(23)14-19(16)24/h2-10,12,14H,11,13,15H2,1H3,(H,26,28). The second-order valence-electron chi connectivity index (χ2n) is 6.36. The number of hydrogen-bond donors (Lipinski definition) is 1. The Morgan fingerprint density at radius 3 is 2.62 bits per heavy atom. The molecule has 0 saturated heterocycles. The van der Waals surface area contributed by atoms with Crippen LogP contribution in [0.2, 0.25) is 10.0 Å². The summed E-state index contributed by atoms with van der Waals surface area (Å²) in [7, 11) is 1.57. The Kier molecular flexibility index (Phi) is 7.33. The van der Waals surface area contributed by atoms with Crippen molar-refractivity contribution in [3.63, 3.8) is 0 Å². The van der Waals surface area contributed by atoms with Crippen molar-refractivity contribution < 1.29 is 9.53 Å². The topological polar surface area (TPSA) is 54.5 Å². The third-order valence-corrected chi connectivity index (χ3v) is 4.97. The average molecular weight is 430 g/mol. The maximum absolute atomic E-state index is 13.0. The molecule has 0 bridgehead atoms. The van der Waals surface area contributed by atoms with Gasteiger partial charge in [-0.2, -0.15) is 0 Å². The van der Waals surface area contributed by atoms with E-state index in [9.17, 15) is 4.79 Å². The number of aromatic nitrogens is 1. The molecule has 150 valence electrons. The molecule has 5 nitrogen and oxygen atoms in total. The summed E-state index contributed by atoms with van der Waals surface area (Å²) in [6, 6.07) is 18.0. The van der Waals surface area contributed by atoms with Crippen molar-refractivity contribution in [3.8, 4) is 5.75 Å². The van der Waals surface area contributed by atoms with Gasteiger partial charge in [-0.3, -0.25) is 4.98 Å². The van der Waals surface area contributed by atoms with Crippen LogP contribution in [0, 0.1) is 0 Å². The van der Waals surface area contributed by atoms with E-state index < -0.39 is 0 Å². The van der Waals surface area contributed by atoms with Gasteiger partial charge in [0.25, 0.3) is 0 Å². The Bertz CT molecular complexity index is 967. The molecule has 1 heterocycles. The molecular formula is C22H21Cl2N3O2. The van der Waals surface area contributed by atoms with Gasteiger partial charge in [-0.15, -0.1) is 0 Å². The molecule has 2 amide bonds. The molecular weight excluding hydrogens is 409 g/mol. The van der Waals surface area contributed by atoms with Crippen LogP contribution in [0.3, 0.4) is 0 Å². The fraction of sp³-hybridized carbons (Fsp3) is 0.182. The lowest BCUT2D eigenvalue weighted by Gasteiger charge is -2.23. The van der Waals surface area contributed by atoms with Gasteiger partial charge in [-0.25, -0.2) is 4.79 Å². The van der Waals surface area contributed by atoms with Gasteiger partial charge in [0.1, 0.15) is 5.75 Å². The van der Waals surface area contributed by atoms with Crippen LogP contribution in [-0.2, 0) is 13.0 Å². The molecule has 3 aromatic rings. The van der Waals surface area contributed by atoms with Crippen LogP contribution in [0.15, 0.2) is 66.9 Å². The first-order chi connectivity index (χ1) is 14.1. The van der Waals surface area contributed by atoms with Crippen molar-refractivity contribution in [1.29, 1.82) is 0 Å². The SMILES string of the molecule is COc1ccccc1NC(=O)N(CCc1ccc(Cl)cc1Cl)Cc1ccccn1. The number of anilines is 1. The van der Waals surface area contributed by atoms with Crippen LogP contribution >= 0.6 is 23.2 Å². The number of amides is 2. The normalized spacial score (nSPS) is 10.4. The van der Waals surface area contributed by atoms with Gasteiger partial charge in [-0.1, -0.05) is 47.5 Å². The van der Waals surface area contributed by atoms with Gasteiger partial charge in [0.2, 0.25) is 0 Å². The third-order valence-electron chi connectivity index (χ3n) is 4.38. The molecule has 3 rings (SSSR count). The number of ether oxygens (including phenoxy) is 1. The van der Waals surface area contributed by atoms with Crippen molar-refractivity contribution in [2.45, 2.75) is 13.0 Å². The predicted octanol–water partition coefficient (Wildman–Crippen LogP) is 5.67. The van der Waals surface area contributed by atoms with E-state index in [1.807, 2.05) is 36.4 Å². The zero-order valence-electron chi connectivity index (χ0n) is 15.9. The molecule has 0 saturated carbocycles. The summed E-state index contributed by atoms with van der Waals surface area (Å²) in [5.74, 6) is 0.597. The monoisotopic (exact) mass is 429 g/mol. The van der Waals surface area contributed by atoms with Crippen molar-refractivity contribution in [3.05, 3.63) is 88.2 Å². The Hall–Kier alpha value is -2.76. The summed E-state index contributed by atoms with van der Waals surface area (Å²) in [6.45, 7) is 0.825. The molecule has 0 atom stereocenters. The van der Waals surface area contributed by atoms with E-state index >= 15 is 0 Å². The minimum Gasteiger partial charge on any atom is -0.495 e. The lowest BCUT2D eigenvalue weighted by Crippen LogP contribution is -2.36. The summed E-state index contributed by atoms with van der Waals surface area (Å²) in [6.07, 6.45) is 2.30. The Morgan fingerprint density at radius 1 is 1.10 bits per heavy atom. The van der Waals surface area contributed by atoms with Crippen molar-refractivity contribution in [2.24, 2.45) is 0 Å². The summed E-state index contributed by atoms with van der Waals surface area (Å²) >= 11 is 12.3. The van der Waals surface area contributed by atoms with Gasteiger partial charge in [0.05, 0.1) is 25.0 Å². The van der Waals surface area contributed by atoms with Gasteiger partial charge in [0.15, 0.2) is 0 Å². The maximum Gasteiger partial charge on any atom is 0.322 e. The fourth-order valence-electron chi connectivity index (χ4n) is 2.86. The molecule has 0 radical (unpaired) electrons. The van der Waals surface area contributed by atoms with Crippen molar-refractivity contribution in [1.82, 2.24) is 9.88 Å². The number of benzene rings is 2. The van der Waals surface area contributed by atoms with E-state index in [0.29, 0.717) is 41.0 Å². The number of urea groups is 1. The first kappa shape index (κ1) is 21.0. The number of methoxy groups -OCH3 is 1. The van der Waals surface area contributed by atoms with Gasteiger partial charge in [0, 0.05) is 22.8 Å². The molecule has 0 aliphatic rings. The Morgan fingerprint density at radius 2 is 1.90 bits per heavy atom. The second-order valence-corrected chi connectivity index (χ2v) is 7.20. The summed E-state index contributed by atoms with van der Waals surface area (Å²) < 4.78 is 5.32. The van der Waals surface area contributed by atoms with Crippen molar-refractivity contribution in [2.75, 3.05) is 19.0 Å². The van der Waals surface area contributed by atoms with E-state index in [0.717, 1.165) is 11.3 Å². The average Bonchev–Trinajstić information content (AvgIpc) is 2.73. The van der Waals surface area contributed by atoms with Crippen LogP contribution in [-0.4, -0.2) is 29.6 Å². The maximum atomic E-state index is 13.0. The number of pyridine rings is 1. The van der Waals surface area contributed by atoms with Crippen LogP contribution < -0.4 is 10.1 Å². The highest BCUT2D eigenvalue weighted by Crippen LogP contribution is 2.24. The molecule has 0 aliphatic carbocycles. The lowest BCUT2D eigenvalue weighted by molar-refractivity contribution is 0.209. The van der Waals surface area contributed by atoms with Crippen LogP contribution in [0.1, 0.15) is 11.3 Å². The largest absolute Gasteiger partial charge is 0.495 e. The Balaban J connectivity index is 1.77. The third kappa shape index (κ3) is 5.86. The van der Waals surface area contributed by atoms with Gasteiger partial charge >= 0.3 is 6.03 Å². The van der Waals surface area contributed by atoms with Gasteiger partial charge < -0.3 is 15.0 Å². The number of para-hydroxylation sites is 2. The Labute approximate surface area is 180 Å². The zero-order valence-corrected chi connectivity index (χ0v) is 17.5. The van der Waals surface area contributed by atoms with Crippen LogP contribution in [0.4, 0.5) is 10.5 Å². The summed E-state index contributed by atoms with van der Waals surface area (Å²) in [5, 5.41) is 4.09. The predicted molar refractivity (Wildman–Crippen MR) is 117 cm³/mol. The first-order valence-corrected chi connectivity index (χ1v) is 9.85. The van der Waals surface area contributed by atoms with Gasteiger partial charge in [-0.05, 0) is 48.4 Å². The molecule has 29 heavy (non-hydrogen) atoms. The molecule has 1 N–H and O–H groups in total. The summed E-state index contributed by atoms with van der Waals surface area (Å²) in [5.41, 5.74) is 2.33. The van der Waals surface area contributed by atoms with E-state index in [2.05, 4.69) is 10.3 Å². The minimum absolute atomic E-state index is 0.245. The molecule has 0 fully saturated rings. The van der Waals surface area contributed by atoms with Crippen LogP contribution in [0.5, 0.6) is 5.75 Å². The smallest absolute Gasteiger partial charge is 0.322 e. The van der Waals surface area contributed by atoms with E-state index in [-0.39, 0.29) is 6.03 Å². The minimum atomic E-state index is -0.245. The molecule has 1 aromatic heterocycles. The summed E-state index contributed by atoms with van der Waals surface area (Å²) in [4.78, 5) is 19.1. The molecule has 7 heteroatoms. The van der Waals surface area contributed by atoms with Crippen molar-refractivity contribution >= 4 is 34.9 Å². The number of hydrogen-bond acceptors (Lipinski definition) is 3. The quantitative estimate of drug-likeness (QED) is 0.525. The number of carbonyl (C=O) groups excluding carboxylic acids is 1. The highest BCUT2D eigenvalue weighted by atomic mass is 35.5.